The minimum atomic E-state index is -0.783. The lowest BCUT2D eigenvalue weighted by Gasteiger charge is -2.20. The number of nitrogens with one attached hydrogen (secondary N) is 2. The van der Waals surface area contributed by atoms with Crippen LogP contribution in [-0.4, -0.2) is 44.1 Å². The molecule has 0 bridgehead atoms. The maximum Gasteiger partial charge on any atom is 0.262 e. The molecule has 2 amide bonds. The molecule has 188 valence electrons. The molecular weight excluding hydrogens is 565 g/mol. The third kappa shape index (κ3) is 7.00. The standard InChI is InChI=1S/C25H30IN3O6/c1-5-9-33-23-18(26)10-16(11-21(23)32-6-2)13-27-29-25(31)22(15(3)4)28-24(30)17-7-8-19-20(12-17)35-14-34-19/h7-8,10-13,15,22H,5-6,9,14H2,1-4H3,(H,28,30)(H,29,31)/b27-13+. The summed E-state index contributed by atoms with van der Waals surface area (Å²) in [5.74, 6) is 1.43. The lowest BCUT2D eigenvalue weighted by atomic mass is 10.0. The Hall–Kier alpha value is -3.02. The quantitative estimate of drug-likeness (QED) is 0.230. The first kappa shape index (κ1) is 26.6. The van der Waals surface area contributed by atoms with E-state index in [-0.39, 0.29) is 18.6 Å². The van der Waals surface area contributed by atoms with Crippen LogP contribution in [0.3, 0.4) is 0 Å². The fraction of sp³-hybridized carbons (Fsp3) is 0.400. The minimum absolute atomic E-state index is 0.120. The monoisotopic (exact) mass is 595 g/mol. The molecule has 0 radical (unpaired) electrons. The number of ether oxygens (including phenoxy) is 4. The molecular formula is C25H30IN3O6. The predicted octanol–water partition coefficient (Wildman–Crippen LogP) is 4.11. The highest BCUT2D eigenvalue weighted by atomic mass is 127. The Bertz CT molecular complexity index is 1090. The molecule has 1 aliphatic rings. The summed E-state index contributed by atoms with van der Waals surface area (Å²) in [6.07, 6.45) is 2.42. The van der Waals surface area contributed by atoms with Crippen molar-refractivity contribution in [3.8, 4) is 23.0 Å². The van der Waals surface area contributed by atoms with Crippen LogP contribution in [0.15, 0.2) is 35.4 Å². The van der Waals surface area contributed by atoms with Gasteiger partial charge < -0.3 is 24.3 Å². The van der Waals surface area contributed by atoms with Crippen molar-refractivity contribution in [3.05, 3.63) is 45.0 Å². The highest BCUT2D eigenvalue weighted by Gasteiger charge is 2.25. The van der Waals surface area contributed by atoms with Crippen LogP contribution >= 0.6 is 22.6 Å². The van der Waals surface area contributed by atoms with Gasteiger partial charge in [0.25, 0.3) is 11.8 Å². The van der Waals surface area contributed by atoms with Crippen LogP contribution < -0.4 is 29.7 Å². The summed E-state index contributed by atoms with van der Waals surface area (Å²) in [6.45, 7) is 8.84. The molecule has 1 heterocycles. The molecule has 0 fully saturated rings. The average molecular weight is 595 g/mol. The van der Waals surface area contributed by atoms with Crippen molar-refractivity contribution in [1.82, 2.24) is 10.7 Å². The summed E-state index contributed by atoms with van der Waals surface area (Å²) in [5, 5.41) is 6.87. The van der Waals surface area contributed by atoms with E-state index < -0.39 is 11.9 Å². The van der Waals surface area contributed by atoms with E-state index in [0.717, 1.165) is 15.6 Å². The molecule has 0 saturated carbocycles. The van der Waals surface area contributed by atoms with Gasteiger partial charge >= 0.3 is 0 Å². The second kappa shape index (κ2) is 12.6. The molecule has 3 rings (SSSR count). The predicted molar refractivity (Wildman–Crippen MR) is 141 cm³/mol. The van der Waals surface area contributed by atoms with Gasteiger partial charge in [-0.1, -0.05) is 20.8 Å². The van der Waals surface area contributed by atoms with Gasteiger partial charge in [-0.05, 0) is 77.7 Å². The summed E-state index contributed by atoms with van der Waals surface area (Å²) in [5.41, 5.74) is 3.65. The van der Waals surface area contributed by atoms with Crippen LogP contribution in [0, 0.1) is 9.49 Å². The third-order valence-electron chi connectivity index (χ3n) is 5.04. The van der Waals surface area contributed by atoms with Gasteiger partial charge in [0.2, 0.25) is 6.79 Å². The molecule has 0 aromatic heterocycles. The van der Waals surface area contributed by atoms with Gasteiger partial charge in [0.1, 0.15) is 6.04 Å². The molecule has 0 spiro atoms. The number of amides is 2. The van der Waals surface area contributed by atoms with Crippen LogP contribution in [0.1, 0.15) is 50.0 Å². The lowest BCUT2D eigenvalue weighted by Crippen LogP contribution is -2.48. The van der Waals surface area contributed by atoms with Crippen molar-refractivity contribution in [3.63, 3.8) is 0 Å². The first-order chi connectivity index (χ1) is 16.8. The van der Waals surface area contributed by atoms with Gasteiger partial charge in [0, 0.05) is 5.56 Å². The molecule has 0 saturated heterocycles. The van der Waals surface area contributed by atoms with Crippen molar-refractivity contribution in [2.75, 3.05) is 20.0 Å². The molecule has 2 aromatic rings. The largest absolute Gasteiger partial charge is 0.490 e. The van der Waals surface area contributed by atoms with Crippen LogP contribution in [0.5, 0.6) is 23.0 Å². The van der Waals surface area contributed by atoms with E-state index in [1.54, 1.807) is 18.2 Å². The highest BCUT2D eigenvalue weighted by Crippen LogP contribution is 2.34. The van der Waals surface area contributed by atoms with Crippen molar-refractivity contribution < 1.29 is 28.5 Å². The normalized spacial score (nSPS) is 13.1. The molecule has 1 unspecified atom stereocenters. The number of carbonyl (C=O) groups excluding carboxylic acids is 2. The Morgan fingerprint density at radius 1 is 1.14 bits per heavy atom. The maximum atomic E-state index is 12.8. The van der Waals surface area contributed by atoms with E-state index in [1.165, 1.54) is 6.21 Å². The number of carbonyl (C=O) groups is 2. The number of halogens is 1. The van der Waals surface area contributed by atoms with E-state index in [2.05, 4.69) is 38.4 Å². The number of nitrogens with zero attached hydrogens (tertiary/aromatic N) is 1. The lowest BCUT2D eigenvalue weighted by molar-refractivity contribution is -0.123. The smallest absolute Gasteiger partial charge is 0.262 e. The van der Waals surface area contributed by atoms with E-state index in [1.807, 2.05) is 39.8 Å². The average Bonchev–Trinajstić information content (AvgIpc) is 3.30. The highest BCUT2D eigenvalue weighted by molar-refractivity contribution is 14.1. The van der Waals surface area contributed by atoms with Gasteiger partial charge in [-0.15, -0.1) is 0 Å². The maximum absolute atomic E-state index is 12.8. The van der Waals surface area contributed by atoms with Gasteiger partial charge in [0.05, 0.1) is 23.0 Å². The SMILES string of the molecule is CCCOc1c(I)cc(/C=N/NC(=O)C(NC(=O)c2ccc3c(c2)OCO3)C(C)C)cc1OCC. The number of fused-ring (bicyclic) bond motifs is 1. The molecule has 10 heteroatoms. The van der Waals surface area contributed by atoms with Crippen LogP contribution in [-0.2, 0) is 4.79 Å². The number of benzene rings is 2. The first-order valence-electron chi connectivity index (χ1n) is 11.5. The molecule has 1 aliphatic heterocycles. The fourth-order valence-corrected chi connectivity index (χ4v) is 4.09. The molecule has 2 N–H and O–H groups in total. The van der Waals surface area contributed by atoms with Crippen LogP contribution in [0.2, 0.25) is 0 Å². The fourth-order valence-electron chi connectivity index (χ4n) is 3.31. The molecule has 9 nitrogen and oxygen atoms in total. The Balaban J connectivity index is 1.67. The Kier molecular flexibility index (Phi) is 9.58. The Morgan fingerprint density at radius 3 is 2.63 bits per heavy atom. The van der Waals surface area contributed by atoms with Gasteiger partial charge in [-0.2, -0.15) is 5.10 Å². The van der Waals surface area contributed by atoms with Gasteiger partial charge in [-0.3, -0.25) is 9.59 Å². The third-order valence-corrected chi connectivity index (χ3v) is 5.84. The van der Waals surface area contributed by atoms with E-state index in [0.29, 0.717) is 41.8 Å². The molecule has 1 atom stereocenters. The molecule has 2 aromatic carbocycles. The zero-order chi connectivity index (χ0) is 25.4. The van der Waals surface area contributed by atoms with E-state index in [4.69, 9.17) is 18.9 Å². The van der Waals surface area contributed by atoms with Crippen LogP contribution in [0.4, 0.5) is 0 Å². The summed E-state index contributed by atoms with van der Waals surface area (Å²) in [4.78, 5) is 25.6. The van der Waals surface area contributed by atoms with Crippen LogP contribution in [0.25, 0.3) is 0 Å². The minimum Gasteiger partial charge on any atom is -0.490 e. The first-order valence-corrected chi connectivity index (χ1v) is 12.5. The number of rotatable bonds is 11. The second-order valence-electron chi connectivity index (χ2n) is 8.11. The number of hydrogen-bond donors (Lipinski definition) is 2. The Morgan fingerprint density at radius 2 is 1.91 bits per heavy atom. The molecule has 0 aliphatic carbocycles. The van der Waals surface area contributed by atoms with Crippen molar-refractivity contribution in [2.45, 2.75) is 40.2 Å². The van der Waals surface area contributed by atoms with E-state index >= 15 is 0 Å². The second-order valence-corrected chi connectivity index (χ2v) is 9.27. The number of hydrazone groups is 1. The topological polar surface area (TPSA) is 107 Å². The van der Waals surface area contributed by atoms with Crippen molar-refractivity contribution in [2.24, 2.45) is 11.0 Å². The number of hydrogen-bond acceptors (Lipinski definition) is 7. The van der Waals surface area contributed by atoms with Gasteiger partial charge in [0.15, 0.2) is 23.0 Å². The van der Waals surface area contributed by atoms with Crippen molar-refractivity contribution >= 4 is 40.6 Å². The van der Waals surface area contributed by atoms with E-state index in [9.17, 15) is 9.59 Å². The van der Waals surface area contributed by atoms with Gasteiger partial charge in [-0.25, -0.2) is 5.43 Å². The van der Waals surface area contributed by atoms with Crippen molar-refractivity contribution in [1.29, 1.82) is 0 Å². The summed E-state index contributed by atoms with van der Waals surface area (Å²) in [7, 11) is 0. The summed E-state index contributed by atoms with van der Waals surface area (Å²) >= 11 is 2.19. The Labute approximate surface area is 218 Å². The summed E-state index contributed by atoms with van der Waals surface area (Å²) < 4.78 is 23.0. The zero-order valence-electron chi connectivity index (χ0n) is 20.2. The summed E-state index contributed by atoms with van der Waals surface area (Å²) in [6, 6.07) is 7.81. The zero-order valence-corrected chi connectivity index (χ0v) is 22.4. The molecule has 35 heavy (non-hydrogen) atoms.